The van der Waals surface area contributed by atoms with Gasteiger partial charge in [-0.2, -0.15) is 0 Å². The lowest BCUT2D eigenvalue weighted by Crippen LogP contribution is -2.28. The lowest BCUT2D eigenvalue weighted by molar-refractivity contribution is -0.139. The predicted molar refractivity (Wildman–Crippen MR) is 80.0 cm³/mol. The first-order chi connectivity index (χ1) is 9.58. The number of thiazole rings is 1. The third kappa shape index (κ3) is 3.65. The van der Waals surface area contributed by atoms with Crippen molar-refractivity contribution in [2.75, 3.05) is 13.6 Å². The Morgan fingerprint density at radius 1 is 1.40 bits per heavy atom. The van der Waals surface area contributed by atoms with E-state index < -0.39 is 11.9 Å². The largest absolute Gasteiger partial charge is 0.481 e. The maximum Gasteiger partial charge on any atom is 0.312 e. The van der Waals surface area contributed by atoms with Gasteiger partial charge in [-0.05, 0) is 19.5 Å². The van der Waals surface area contributed by atoms with Crippen molar-refractivity contribution in [2.24, 2.45) is 0 Å². The first-order valence-corrected chi connectivity index (χ1v) is 7.31. The zero-order chi connectivity index (χ0) is 14.5. The summed E-state index contributed by atoms with van der Waals surface area (Å²) in [5.74, 6) is -1.29. The molecular formula is C15H18N2O2S. The van der Waals surface area contributed by atoms with Gasteiger partial charge in [0.25, 0.3) is 0 Å². The van der Waals surface area contributed by atoms with Gasteiger partial charge in [0.05, 0.1) is 17.1 Å². The number of aromatic nitrogens is 1. The molecule has 2 rings (SSSR count). The molecule has 1 heterocycles. The third-order valence-electron chi connectivity index (χ3n) is 3.25. The molecule has 0 aliphatic rings. The van der Waals surface area contributed by atoms with Crippen molar-refractivity contribution in [3.63, 3.8) is 0 Å². The van der Waals surface area contributed by atoms with E-state index in [4.69, 9.17) is 0 Å². The van der Waals surface area contributed by atoms with Gasteiger partial charge < -0.3 is 10.0 Å². The molecular weight excluding hydrogens is 272 g/mol. The number of nitrogens with zero attached hydrogens (tertiary/aromatic N) is 2. The molecule has 0 aliphatic heterocycles. The number of aryl methyl sites for hydroxylation is 1. The number of hydrogen-bond donors (Lipinski definition) is 1. The smallest absolute Gasteiger partial charge is 0.312 e. The summed E-state index contributed by atoms with van der Waals surface area (Å²) in [7, 11) is 1.94. The van der Waals surface area contributed by atoms with Gasteiger partial charge >= 0.3 is 5.97 Å². The molecule has 0 amide bonds. The lowest BCUT2D eigenvalue weighted by Gasteiger charge is -2.21. The lowest BCUT2D eigenvalue weighted by atomic mass is 9.99. The van der Waals surface area contributed by atoms with Crippen LogP contribution in [0.15, 0.2) is 35.8 Å². The second kappa shape index (κ2) is 6.63. The van der Waals surface area contributed by atoms with Crippen LogP contribution in [-0.4, -0.2) is 34.6 Å². The van der Waals surface area contributed by atoms with Crippen molar-refractivity contribution < 1.29 is 9.90 Å². The summed E-state index contributed by atoms with van der Waals surface area (Å²) < 4.78 is 0. The van der Waals surface area contributed by atoms with Crippen molar-refractivity contribution in [1.29, 1.82) is 0 Å². The molecule has 4 nitrogen and oxygen atoms in total. The second-order valence-corrected chi connectivity index (χ2v) is 5.80. The summed E-state index contributed by atoms with van der Waals surface area (Å²) in [5, 5.41) is 9.42. The van der Waals surface area contributed by atoms with Crippen LogP contribution in [0.25, 0.3) is 0 Å². The Balaban J connectivity index is 2.05. The van der Waals surface area contributed by atoms with Crippen LogP contribution in [0.2, 0.25) is 0 Å². The first kappa shape index (κ1) is 14.7. The number of carboxylic acid groups (broad SMARTS) is 1. The van der Waals surface area contributed by atoms with Crippen LogP contribution < -0.4 is 0 Å². The van der Waals surface area contributed by atoms with E-state index in [1.165, 1.54) is 4.88 Å². The summed E-state index contributed by atoms with van der Waals surface area (Å²) in [6.07, 6.45) is 0. The number of rotatable bonds is 6. The van der Waals surface area contributed by atoms with Gasteiger partial charge in [0, 0.05) is 18.0 Å². The van der Waals surface area contributed by atoms with Gasteiger partial charge in [0.1, 0.15) is 0 Å². The molecule has 0 bridgehead atoms. The fraction of sp³-hybridized carbons (Fsp3) is 0.333. The molecule has 0 aliphatic carbocycles. The molecule has 0 fully saturated rings. The molecule has 5 heteroatoms. The number of aliphatic carboxylic acids is 1. The number of benzene rings is 1. The Kier molecular flexibility index (Phi) is 4.87. The molecule has 1 N–H and O–H groups in total. The molecule has 1 aromatic heterocycles. The highest BCUT2D eigenvalue weighted by Crippen LogP contribution is 2.20. The van der Waals surface area contributed by atoms with Crippen LogP contribution in [0, 0.1) is 6.92 Å². The molecule has 1 aromatic carbocycles. The van der Waals surface area contributed by atoms with E-state index in [2.05, 4.69) is 4.98 Å². The number of likely N-dealkylation sites (N-methyl/N-ethyl adjacent to an activating group) is 1. The Hall–Kier alpha value is -1.72. The van der Waals surface area contributed by atoms with Crippen LogP contribution >= 0.6 is 11.3 Å². The minimum atomic E-state index is -0.788. The quantitative estimate of drug-likeness (QED) is 0.889. The van der Waals surface area contributed by atoms with E-state index in [0.717, 1.165) is 17.8 Å². The van der Waals surface area contributed by atoms with Crippen LogP contribution in [0.5, 0.6) is 0 Å². The molecule has 1 atom stereocenters. The molecule has 20 heavy (non-hydrogen) atoms. The molecule has 2 aromatic rings. The standard InChI is InChI=1S/C15H18N2O2S/c1-11-14(20-10-16-11)9-17(2)8-13(15(18)19)12-6-4-3-5-7-12/h3-7,10,13H,8-9H2,1-2H3,(H,18,19). The van der Waals surface area contributed by atoms with Crippen molar-refractivity contribution in [2.45, 2.75) is 19.4 Å². The fourth-order valence-corrected chi connectivity index (χ4v) is 2.97. The molecule has 0 saturated carbocycles. The summed E-state index contributed by atoms with van der Waals surface area (Å²) in [5.41, 5.74) is 3.69. The predicted octanol–water partition coefficient (Wildman–Crippen LogP) is 2.75. The summed E-state index contributed by atoms with van der Waals surface area (Å²) >= 11 is 1.61. The summed E-state index contributed by atoms with van der Waals surface area (Å²) in [4.78, 5) is 18.9. The monoisotopic (exact) mass is 290 g/mol. The van der Waals surface area contributed by atoms with Crippen molar-refractivity contribution >= 4 is 17.3 Å². The van der Waals surface area contributed by atoms with E-state index in [9.17, 15) is 9.90 Å². The number of hydrogen-bond acceptors (Lipinski definition) is 4. The SMILES string of the molecule is Cc1ncsc1CN(C)CC(C(=O)O)c1ccccc1. The van der Waals surface area contributed by atoms with Crippen LogP contribution in [0.3, 0.4) is 0 Å². The number of carboxylic acids is 1. The van der Waals surface area contributed by atoms with E-state index in [1.807, 2.05) is 54.7 Å². The van der Waals surface area contributed by atoms with Crippen LogP contribution in [-0.2, 0) is 11.3 Å². The highest BCUT2D eigenvalue weighted by atomic mass is 32.1. The van der Waals surface area contributed by atoms with Crippen molar-refractivity contribution in [3.8, 4) is 0 Å². The zero-order valence-electron chi connectivity index (χ0n) is 11.6. The Morgan fingerprint density at radius 3 is 2.65 bits per heavy atom. The van der Waals surface area contributed by atoms with Gasteiger partial charge in [-0.25, -0.2) is 4.98 Å². The highest BCUT2D eigenvalue weighted by molar-refractivity contribution is 7.09. The maximum atomic E-state index is 11.5. The van der Waals surface area contributed by atoms with Crippen LogP contribution in [0.1, 0.15) is 22.1 Å². The second-order valence-electron chi connectivity index (χ2n) is 4.86. The van der Waals surface area contributed by atoms with Crippen LogP contribution in [0.4, 0.5) is 0 Å². The van der Waals surface area contributed by atoms with E-state index in [1.54, 1.807) is 11.3 Å². The average molecular weight is 290 g/mol. The number of carbonyl (C=O) groups is 1. The molecule has 0 saturated heterocycles. The molecule has 106 valence electrons. The van der Waals surface area contributed by atoms with Gasteiger partial charge in [-0.3, -0.25) is 4.79 Å². The topological polar surface area (TPSA) is 53.4 Å². The van der Waals surface area contributed by atoms with Crippen molar-refractivity contribution in [3.05, 3.63) is 52.0 Å². The zero-order valence-corrected chi connectivity index (χ0v) is 12.4. The minimum absolute atomic E-state index is 0.483. The minimum Gasteiger partial charge on any atom is -0.481 e. The van der Waals surface area contributed by atoms with Crippen molar-refractivity contribution in [1.82, 2.24) is 9.88 Å². The normalized spacial score (nSPS) is 12.6. The summed E-state index contributed by atoms with van der Waals surface area (Å²) in [6, 6.07) is 9.37. The van der Waals surface area contributed by atoms with Gasteiger partial charge in [0.2, 0.25) is 0 Å². The maximum absolute atomic E-state index is 11.5. The molecule has 0 radical (unpaired) electrons. The molecule has 1 unspecified atom stereocenters. The summed E-state index contributed by atoms with van der Waals surface area (Å²) in [6.45, 7) is 3.19. The van der Waals surface area contributed by atoms with E-state index in [0.29, 0.717) is 6.54 Å². The Morgan fingerprint density at radius 2 is 2.10 bits per heavy atom. The molecule has 0 spiro atoms. The third-order valence-corrected chi connectivity index (χ3v) is 4.17. The highest BCUT2D eigenvalue weighted by Gasteiger charge is 2.21. The fourth-order valence-electron chi connectivity index (χ4n) is 2.11. The van der Waals surface area contributed by atoms with Gasteiger partial charge in [-0.15, -0.1) is 11.3 Å². The van der Waals surface area contributed by atoms with E-state index >= 15 is 0 Å². The Labute approximate surface area is 122 Å². The average Bonchev–Trinajstić information content (AvgIpc) is 2.82. The first-order valence-electron chi connectivity index (χ1n) is 6.43. The van der Waals surface area contributed by atoms with Gasteiger partial charge in [0.15, 0.2) is 0 Å². The van der Waals surface area contributed by atoms with E-state index in [-0.39, 0.29) is 0 Å². The Bertz CT molecular complexity index is 568. The van der Waals surface area contributed by atoms with Gasteiger partial charge in [-0.1, -0.05) is 30.3 Å².